The molecule has 0 radical (unpaired) electrons. The summed E-state index contributed by atoms with van der Waals surface area (Å²) in [5, 5.41) is 0. The van der Waals surface area contributed by atoms with Gasteiger partial charge in [0.15, 0.2) is 11.5 Å². The lowest BCUT2D eigenvalue weighted by Gasteiger charge is -2.14. The van der Waals surface area contributed by atoms with Crippen LogP contribution in [0.2, 0.25) is 0 Å². The van der Waals surface area contributed by atoms with Gasteiger partial charge in [-0.1, -0.05) is 42.5 Å². The number of rotatable bonds is 8. The summed E-state index contributed by atoms with van der Waals surface area (Å²) >= 11 is 0. The molecule has 1 amide bonds. The number of carbonyl (C=O) groups excluding carboxylic acids is 2. The minimum atomic E-state index is -0.557. The Bertz CT molecular complexity index is 1050. The van der Waals surface area contributed by atoms with Crippen LogP contribution in [0, 0.1) is 0 Å². The lowest BCUT2D eigenvalue weighted by molar-refractivity contribution is -0.136. The number of methoxy groups -OCH3 is 2. The summed E-state index contributed by atoms with van der Waals surface area (Å²) in [6, 6.07) is 15.2. The second-order valence-corrected chi connectivity index (χ2v) is 6.90. The Labute approximate surface area is 182 Å². The smallest absolute Gasteiger partial charge is 0.340 e. The monoisotopic (exact) mass is 419 g/mol. The van der Waals surface area contributed by atoms with Gasteiger partial charge in [0.05, 0.1) is 25.4 Å². The van der Waals surface area contributed by atoms with Crippen molar-refractivity contribution in [1.82, 2.24) is 4.90 Å². The molecule has 160 valence electrons. The van der Waals surface area contributed by atoms with Crippen molar-refractivity contribution < 1.29 is 23.8 Å². The van der Waals surface area contributed by atoms with Crippen LogP contribution < -0.4 is 9.47 Å². The number of amides is 1. The predicted octanol–water partition coefficient (Wildman–Crippen LogP) is 4.13. The van der Waals surface area contributed by atoms with E-state index in [2.05, 4.69) is 6.58 Å². The van der Waals surface area contributed by atoms with E-state index < -0.39 is 5.97 Å². The molecule has 0 saturated heterocycles. The molecule has 3 rings (SSSR count). The highest BCUT2D eigenvalue weighted by atomic mass is 16.5. The highest BCUT2D eigenvalue weighted by Gasteiger charge is 2.36. The molecule has 31 heavy (non-hydrogen) atoms. The fraction of sp³-hybridized carbons (Fsp3) is 0.200. The van der Waals surface area contributed by atoms with Crippen molar-refractivity contribution in [1.29, 1.82) is 0 Å². The molecular weight excluding hydrogens is 394 g/mol. The molecule has 0 fully saturated rings. The van der Waals surface area contributed by atoms with Gasteiger partial charge in [0, 0.05) is 12.2 Å². The number of ether oxygens (including phenoxy) is 3. The first kappa shape index (κ1) is 21.9. The average Bonchev–Trinajstić information content (AvgIpc) is 3.02. The number of benzene rings is 2. The number of carbonyl (C=O) groups is 2. The topological polar surface area (TPSA) is 65.1 Å². The molecule has 0 N–H and O–H groups in total. The summed E-state index contributed by atoms with van der Waals surface area (Å²) in [7, 11) is 2.85. The van der Waals surface area contributed by atoms with Crippen molar-refractivity contribution in [2.24, 2.45) is 0 Å². The van der Waals surface area contributed by atoms with E-state index >= 15 is 0 Å². The van der Waals surface area contributed by atoms with Crippen molar-refractivity contribution in [3.8, 4) is 11.5 Å². The van der Waals surface area contributed by atoms with Gasteiger partial charge in [-0.15, -0.1) is 6.58 Å². The highest BCUT2D eigenvalue weighted by molar-refractivity contribution is 6.16. The second-order valence-electron chi connectivity index (χ2n) is 6.90. The van der Waals surface area contributed by atoms with Crippen LogP contribution in [0.3, 0.4) is 0 Å². The van der Waals surface area contributed by atoms with Gasteiger partial charge in [0.2, 0.25) is 0 Å². The Balaban J connectivity index is 1.91. The van der Waals surface area contributed by atoms with Crippen LogP contribution >= 0.6 is 0 Å². The maximum absolute atomic E-state index is 12.9. The largest absolute Gasteiger partial charge is 0.493 e. The molecular formula is C25H25NO5. The van der Waals surface area contributed by atoms with Crippen LogP contribution in [0.1, 0.15) is 18.1 Å². The molecule has 0 spiro atoms. The van der Waals surface area contributed by atoms with Gasteiger partial charge in [-0.05, 0) is 36.3 Å². The van der Waals surface area contributed by atoms with E-state index in [4.69, 9.17) is 14.2 Å². The van der Waals surface area contributed by atoms with Gasteiger partial charge in [0.25, 0.3) is 5.91 Å². The van der Waals surface area contributed by atoms with Crippen LogP contribution in [-0.4, -0.2) is 37.5 Å². The minimum absolute atomic E-state index is 0.248. The SMILES string of the molecule is C=CCN1C(=O)/C(=C\c2ccc(OCc3ccccc3)c(OC)c2)C(C(=O)OC)=C1C. The lowest BCUT2D eigenvalue weighted by Crippen LogP contribution is -2.24. The first-order chi connectivity index (χ1) is 15.0. The van der Waals surface area contributed by atoms with Crippen molar-refractivity contribution in [2.45, 2.75) is 13.5 Å². The van der Waals surface area contributed by atoms with E-state index in [-0.39, 0.29) is 17.1 Å². The summed E-state index contributed by atoms with van der Waals surface area (Å²) < 4.78 is 16.3. The normalized spacial score (nSPS) is 14.7. The zero-order chi connectivity index (χ0) is 22.4. The third-order valence-electron chi connectivity index (χ3n) is 4.95. The molecule has 0 saturated carbocycles. The van der Waals surface area contributed by atoms with Gasteiger partial charge in [-0.3, -0.25) is 4.79 Å². The maximum Gasteiger partial charge on any atom is 0.340 e. The van der Waals surface area contributed by atoms with Crippen molar-refractivity contribution >= 4 is 18.0 Å². The Morgan fingerprint density at radius 1 is 1.10 bits per heavy atom. The maximum atomic E-state index is 12.9. The third-order valence-corrected chi connectivity index (χ3v) is 4.95. The van der Waals surface area contributed by atoms with Crippen LogP contribution in [0.4, 0.5) is 0 Å². The highest BCUT2D eigenvalue weighted by Crippen LogP contribution is 2.34. The zero-order valence-corrected chi connectivity index (χ0v) is 17.9. The first-order valence-electron chi connectivity index (χ1n) is 9.79. The quantitative estimate of drug-likeness (QED) is 0.366. The van der Waals surface area contributed by atoms with Gasteiger partial charge in [-0.2, -0.15) is 0 Å². The molecule has 0 bridgehead atoms. The van der Waals surface area contributed by atoms with Gasteiger partial charge >= 0.3 is 5.97 Å². The molecule has 0 aliphatic carbocycles. The van der Waals surface area contributed by atoms with E-state index in [9.17, 15) is 9.59 Å². The van der Waals surface area contributed by atoms with E-state index in [1.54, 1.807) is 38.3 Å². The number of nitrogens with zero attached hydrogens (tertiary/aromatic N) is 1. The minimum Gasteiger partial charge on any atom is -0.493 e. The predicted molar refractivity (Wildman–Crippen MR) is 118 cm³/mol. The van der Waals surface area contributed by atoms with Crippen LogP contribution in [0.5, 0.6) is 11.5 Å². The molecule has 0 atom stereocenters. The molecule has 2 aromatic rings. The van der Waals surface area contributed by atoms with Crippen LogP contribution in [0.15, 0.2) is 78.0 Å². The van der Waals surface area contributed by atoms with Gasteiger partial charge in [-0.25, -0.2) is 4.79 Å². The van der Waals surface area contributed by atoms with Crippen molar-refractivity contribution in [3.05, 3.63) is 89.2 Å². The molecule has 1 aliphatic rings. The number of allylic oxidation sites excluding steroid dienone is 1. The molecule has 6 heteroatoms. The van der Waals surface area contributed by atoms with Crippen molar-refractivity contribution in [2.75, 3.05) is 20.8 Å². The summed E-state index contributed by atoms with van der Waals surface area (Å²) in [6.45, 7) is 6.11. The summed E-state index contributed by atoms with van der Waals surface area (Å²) in [4.78, 5) is 26.8. The van der Waals surface area contributed by atoms with E-state index in [1.807, 2.05) is 36.4 Å². The summed E-state index contributed by atoms with van der Waals surface area (Å²) in [5.41, 5.74) is 2.79. The second kappa shape index (κ2) is 9.80. The van der Waals surface area contributed by atoms with E-state index in [0.717, 1.165) is 5.56 Å². The molecule has 6 nitrogen and oxygen atoms in total. The van der Waals surface area contributed by atoms with Crippen LogP contribution in [-0.2, 0) is 20.9 Å². The zero-order valence-electron chi connectivity index (χ0n) is 17.9. The van der Waals surface area contributed by atoms with Crippen molar-refractivity contribution in [3.63, 3.8) is 0 Å². The molecule has 1 heterocycles. The number of hydrogen-bond acceptors (Lipinski definition) is 5. The molecule has 0 unspecified atom stereocenters. The Hall–Kier alpha value is -3.80. The fourth-order valence-corrected chi connectivity index (χ4v) is 3.37. The lowest BCUT2D eigenvalue weighted by atomic mass is 10.0. The van der Waals surface area contributed by atoms with Crippen LogP contribution in [0.25, 0.3) is 6.08 Å². The Morgan fingerprint density at radius 3 is 2.48 bits per heavy atom. The standard InChI is InChI=1S/C25H25NO5/c1-5-13-26-17(2)23(25(28)30-4)20(24(26)27)14-19-11-12-21(22(15-19)29-3)31-16-18-9-7-6-8-10-18/h5-12,14-15H,1,13,16H2,2-4H3/b20-14-. The Morgan fingerprint density at radius 2 is 1.84 bits per heavy atom. The third kappa shape index (κ3) is 4.69. The molecule has 0 aromatic heterocycles. The number of hydrogen-bond donors (Lipinski definition) is 0. The first-order valence-corrected chi connectivity index (χ1v) is 9.79. The molecule has 1 aliphatic heterocycles. The summed E-state index contributed by atoms with van der Waals surface area (Å²) in [5.74, 6) is 0.276. The summed E-state index contributed by atoms with van der Waals surface area (Å²) in [6.07, 6.45) is 3.27. The van der Waals surface area contributed by atoms with Gasteiger partial charge in [0.1, 0.15) is 6.61 Å². The average molecular weight is 419 g/mol. The van der Waals surface area contributed by atoms with E-state index in [0.29, 0.717) is 35.9 Å². The fourth-order valence-electron chi connectivity index (χ4n) is 3.37. The number of esters is 1. The Kier molecular flexibility index (Phi) is 6.92. The molecule has 2 aromatic carbocycles. The van der Waals surface area contributed by atoms with Gasteiger partial charge < -0.3 is 19.1 Å². The van der Waals surface area contributed by atoms with E-state index in [1.165, 1.54) is 12.0 Å².